The molecule has 0 fully saturated rings. The van der Waals surface area contributed by atoms with E-state index >= 15 is 0 Å². The predicted octanol–water partition coefficient (Wildman–Crippen LogP) is 0.698. The summed E-state index contributed by atoms with van der Waals surface area (Å²) >= 11 is 0. The lowest BCUT2D eigenvalue weighted by atomic mass is 10.2. The summed E-state index contributed by atoms with van der Waals surface area (Å²) in [6.07, 6.45) is 0. The van der Waals surface area contributed by atoms with Gasteiger partial charge in [-0.1, -0.05) is 30.3 Å². The Morgan fingerprint density at radius 2 is 2.06 bits per heavy atom. The summed E-state index contributed by atoms with van der Waals surface area (Å²) in [4.78, 5) is 11.4. The molecule has 0 aromatic heterocycles. The number of amides is 1. The summed E-state index contributed by atoms with van der Waals surface area (Å²) in [5, 5.41) is 2.74. The number of nitrogens with one attached hydrogen (secondary N) is 1. The van der Waals surface area contributed by atoms with E-state index in [0.29, 0.717) is 6.54 Å². The van der Waals surface area contributed by atoms with Crippen LogP contribution in [0.5, 0.6) is 0 Å². The van der Waals surface area contributed by atoms with E-state index in [1.165, 1.54) is 7.11 Å². The average Bonchev–Trinajstić information content (AvgIpc) is 2.27. The number of rotatable bonds is 5. The zero-order valence-electron chi connectivity index (χ0n) is 9.18. The van der Waals surface area contributed by atoms with Crippen LogP contribution in [-0.4, -0.2) is 25.7 Å². The first-order valence-corrected chi connectivity index (χ1v) is 4.80. The zero-order chi connectivity index (χ0) is 11.1. The Morgan fingerprint density at radius 3 is 2.62 bits per heavy atom. The number of nitrogens with two attached hydrogens (primary N) is 1. The third-order valence-electron chi connectivity index (χ3n) is 1.99. The molecule has 3 N–H and O–H groups in total. The van der Waals surface area contributed by atoms with Crippen LogP contribution >= 0.6 is 12.4 Å². The van der Waals surface area contributed by atoms with Gasteiger partial charge in [-0.2, -0.15) is 0 Å². The summed E-state index contributed by atoms with van der Waals surface area (Å²) < 4.78 is 4.79. The second-order valence-electron chi connectivity index (χ2n) is 3.27. The SMILES string of the molecule is COCC(N)C(=O)NCc1ccccc1.Cl. The molecule has 0 heterocycles. The molecule has 0 spiro atoms. The Hall–Kier alpha value is -1.10. The molecule has 0 aliphatic carbocycles. The van der Waals surface area contributed by atoms with Crippen LogP contribution < -0.4 is 11.1 Å². The number of carbonyl (C=O) groups is 1. The largest absolute Gasteiger partial charge is 0.383 e. The molecular formula is C11H17ClN2O2. The van der Waals surface area contributed by atoms with Crippen molar-refractivity contribution in [3.8, 4) is 0 Å². The Bertz CT molecular complexity index is 306. The second kappa shape index (κ2) is 8.10. The third kappa shape index (κ3) is 5.11. The van der Waals surface area contributed by atoms with Crippen LogP contribution in [0.2, 0.25) is 0 Å². The van der Waals surface area contributed by atoms with Gasteiger partial charge < -0.3 is 15.8 Å². The highest BCUT2D eigenvalue weighted by Gasteiger charge is 2.11. The van der Waals surface area contributed by atoms with Gasteiger partial charge in [-0.3, -0.25) is 4.79 Å². The summed E-state index contributed by atoms with van der Waals surface area (Å²) in [5.41, 5.74) is 6.61. The van der Waals surface area contributed by atoms with E-state index < -0.39 is 6.04 Å². The van der Waals surface area contributed by atoms with E-state index in [2.05, 4.69) is 5.32 Å². The number of hydrogen-bond donors (Lipinski definition) is 2. The van der Waals surface area contributed by atoms with Crippen LogP contribution in [0, 0.1) is 0 Å². The molecule has 16 heavy (non-hydrogen) atoms. The number of hydrogen-bond acceptors (Lipinski definition) is 3. The molecule has 1 unspecified atom stereocenters. The molecule has 0 bridgehead atoms. The lowest BCUT2D eigenvalue weighted by molar-refractivity contribution is -0.123. The minimum atomic E-state index is -0.598. The first-order valence-electron chi connectivity index (χ1n) is 4.80. The Balaban J connectivity index is 0.00000225. The quantitative estimate of drug-likeness (QED) is 0.802. The molecule has 0 aliphatic rings. The van der Waals surface area contributed by atoms with Crippen LogP contribution in [0.3, 0.4) is 0 Å². The molecule has 1 aromatic rings. The molecule has 5 heteroatoms. The van der Waals surface area contributed by atoms with Gasteiger partial charge in [0.25, 0.3) is 0 Å². The van der Waals surface area contributed by atoms with Crippen molar-refractivity contribution < 1.29 is 9.53 Å². The van der Waals surface area contributed by atoms with Crippen LogP contribution in [-0.2, 0) is 16.1 Å². The van der Waals surface area contributed by atoms with Crippen molar-refractivity contribution in [2.45, 2.75) is 12.6 Å². The molecule has 1 atom stereocenters. The molecule has 1 amide bonds. The van der Waals surface area contributed by atoms with Gasteiger partial charge >= 0.3 is 0 Å². The standard InChI is InChI=1S/C11H16N2O2.ClH/c1-15-8-10(12)11(14)13-7-9-5-3-2-4-6-9;/h2-6,10H,7-8,12H2,1H3,(H,13,14);1H. The number of carbonyl (C=O) groups excluding carboxylic acids is 1. The highest BCUT2D eigenvalue weighted by molar-refractivity contribution is 5.85. The molecule has 4 nitrogen and oxygen atoms in total. The van der Waals surface area contributed by atoms with E-state index in [0.717, 1.165) is 5.56 Å². The van der Waals surface area contributed by atoms with Gasteiger partial charge in [0.05, 0.1) is 6.61 Å². The van der Waals surface area contributed by atoms with E-state index in [4.69, 9.17) is 10.5 Å². The fourth-order valence-electron chi connectivity index (χ4n) is 1.17. The molecule has 0 saturated carbocycles. The van der Waals surface area contributed by atoms with Crippen molar-refractivity contribution in [1.29, 1.82) is 0 Å². The second-order valence-corrected chi connectivity index (χ2v) is 3.27. The topological polar surface area (TPSA) is 64.3 Å². The maximum Gasteiger partial charge on any atom is 0.239 e. The van der Waals surface area contributed by atoms with Crippen molar-refractivity contribution >= 4 is 18.3 Å². The fourth-order valence-corrected chi connectivity index (χ4v) is 1.17. The molecule has 0 saturated heterocycles. The first kappa shape index (κ1) is 14.9. The minimum Gasteiger partial charge on any atom is -0.383 e. The number of ether oxygens (including phenoxy) is 1. The van der Waals surface area contributed by atoms with E-state index in [1.807, 2.05) is 30.3 Å². The maximum absolute atomic E-state index is 11.4. The lowest BCUT2D eigenvalue weighted by Crippen LogP contribution is -2.43. The predicted molar refractivity (Wildman–Crippen MR) is 65.4 cm³/mol. The molecule has 0 aliphatic heterocycles. The monoisotopic (exact) mass is 244 g/mol. The van der Waals surface area contributed by atoms with Crippen molar-refractivity contribution in [2.75, 3.05) is 13.7 Å². The highest BCUT2D eigenvalue weighted by atomic mass is 35.5. The van der Waals surface area contributed by atoms with E-state index in [9.17, 15) is 4.79 Å². The molecular weight excluding hydrogens is 228 g/mol. The van der Waals surface area contributed by atoms with Crippen LogP contribution in [0.1, 0.15) is 5.56 Å². The third-order valence-corrected chi connectivity index (χ3v) is 1.99. The Morgan fingerprint density at radius 1 is 1.44 bits per heavy atom. The van der Waals surface area contributed by atoms with Gasteiger partial charge in [0.2, 0.25) is 5.91 Å². The Labute approximate surface area is 102 Å². The number of halogens is 1. The highest BCUT2D eigenvalue weighted by Crippen LogP contribution is 1.97. The van der Waals surface area contributed by atoms with Gasteiger partial charge in [0.1, 0.15) is 6.04 Å². The van der Waals surface area contributed by atoms with Gasteiger partial charge in [-0.15, -0.1) is 12.4 Å². The van der Waals surface area contributed by atoms with Crippen LogP contribution in [0.4, 0.5) is 0 Å². The molecule has 1 aromatic carbocycles. The number of methoxy groups -OCH3 is 1. The van der Waals surface area contributed by atoms with Gasteiger partial charge in [-0.05, 0) is 5.56 Å². The van der Waals surface area contributed by atoms with Crippen molar-refractivity contribution in [1.82, 2.24) is 5.32 Å². The normalized spacial score (nSPS) is 11.4. The van der Waals surface area contributed by atoms with Crippen molar-refractivity contribution in [2.24, 2.45) is 5.73 Å². The smallest absolute Gasteiger partial charge is 0.239 e. The zero-order valence-corrected chi connectivity index (χ0v) is 10.00. The number of benzene rings is 1. The minimum absolute atomic E-state index is 0. The first-order chi connectivity index (χ1) is 7.24. The molecule has 1 rings (SSSR count). The summed E-state index contributed by atoms with van der Waals surface area (Å²) in [6, 6.07) is 9.08. The lowest BCUT2D eigenvalue weighted by Gasteiger charge is -2.10. The molecule has 90 valence electrons. The van der Waals surface area contributed by atoms with Gasteiger partial charge in [-0.25, -0.2) is 0 Å². The maximum atomic E-state index is 11.4. The summed E-state index contributed by atoms with van der Waals surface area (Å²) in [6.45, 7) is 0.734. The van der Waals surface area contributed by atoms with Crippen molar-refractivity contribution in [3.05, 3.63) is 35.9 Å². The van der Waals surface area contributed by atoms with Crippen molar-refractivity contribution in [3.63, 3.8) is 0 Å². The van der Waals surface area contributed by atoms with Crippen LogP contribution in [0.25, 0.3) is 0 Å². The van der Waals surface area contributed by atoms with Gasteiger partial charge in [0.15, 0.2) is 0 Å². The summed E-state index contributed by atoms with van der Waals surface area (Å²) in [7, 11) is 1.52. The fraction of sp³-hybridized carbons (Fsp3) is 0.364. The Kier molecular flexibility index (Phi) is 7.54. The van der Waals surface area contributed by atoms with E-state index in [-0.39, 0.29) is 24.9 Å². The summed E-state index contributed by atoms with van der Waals surface area (Å²) in [5.74, 6) is -0.194. The van der Waals surface area contributed by atoms with Crippen LogP contribution in [0.15, 0.2) is 30.3 Å². The van der Waals surface area contributed by atoms with E-state index in [1.54, 1.807) is 0 Å². The van der Waals surface area contributed by atoms with Gasteiger partial charge in [0, 0.05) is 13.7 Å². The average molecular weight is 245 g/mol. The molecule has 0 radical (unpaired) electrons.